The van der Waals surface area contributed by atoms with E-state index in [1.54, 1.807) is 9.36 Å². The van der Waals surface area contributed by atoms with E-state index in [0.717, 1.165) is 41.3 Å². The zero-order chi connectivity index (χ0) is 19.3. The van der Waals surface area contributed by atoms with Crippen LogP contribution in [0.2, 0.25) is 0 Å². The van der Waals surface area contributed by atoms with Gasteiger partial charge in [-0.25, -0.2) is 4.68 Å². The molecule has 0 aromatic carbocycles. The Balaban J connectivity index is 2.11. The van der Waals surface area contributed by atoms with E-state index in [-0.39, 0.29) is 0 Å². The summed E-state index contributed by atoms with van der Waals surface area (Å²) in [5.74, 6) is 0. The largest absolute Gasteiger partial charge is 0.373 e. The highest BCUT2D eigenvalue weighted by Crippen LogP contribution is 2.26. The Morgan fingerprint density at radius 3 is 2.46 bits per heavy atom. The number of likely N-dealkylation sites (N-methyl/N-ethyl adjacent to an activating group) is 2. The van der Waals surface area contributed by atoms with Gasteiger partial charge < -0.3 is 9.80 Å². The van der Waals surface area contributed by atoms with Crippen LogP contribution in [-0.2, 0) is 7.05 Å². The van der Waals surface area contributed by atoms with Crippen molar-refractivity contribution in [2.45, 2.75) is 6.92 Å². The van der Waals surface area contributed by atoms with Gasteiger partial charge in [0.25, 0.3) is 0 Å². The molecule has 0 saturated heterocycles. The van der Waals surface area contributed by atoms with Crippen molar-refractivity contribution in [1.29, 1.82) is 0 Å². The van der Waals surface area contributed by atoms with Gasteiger partial charge in [-0.2, -0.15) is 10.2 Å². The molecule has 6 heteroatoms. The first-order valence-corrected chi connectivity index (χ1v) is 8.49. The Hall–Kier alpha value is -3.02. The Kier molecular flexibility index (Phi) is 6.22. The molecule has 0 aliphatic heterocycles. The molecule has 138 valence electrons. The lowest BCUT2D eigenvalue weighted by Gasteiger charge is -2.26. The summed E-state index contributed by atoms with van der Waals surface area (Å²) in [6.45, 7) is 15.6. The number of aryl methyl sites for hydroxylation is 1. The molecule has 6 nitrogen and oxygen atoms in total. The van der Waals surface area contributed by atoms with E-state index >= 15 is 0 Å². The highest BCUT2D eigenvalue weighted by molar-refractivity contribution is 5.69. The standard InChI is InChI=1S/C20H28N6/c1-8-9-16(2)23(5)10-11-24(6)17(3)20-12-18(15-26(20)21-4)19-13-22-25(7)14-19/h8-9,12-15H,2-4,10-11H2,1,5-7H3. The number of hydrogen-bond acceptors (Lipinski definition) is 4. The molecule has 0 N–H and O–H groups in total. The predicted octanol–water partition coefficient (Wildman–Crippen LogP) is 3.28. The molecule has 2 aromatic rings. The normalized spacial score (nSPS) is 10.9. The van der Waals surface area contributed by atoms with Crippen molar-refractivity contribution in [3.63, 3.8) is 0 Å². The van der Waals surface area contributed by atoms with Crippen molar-refractivity contribution in [1.82, 2.24) is 24.3 Å². The minimum absolute atomic E-state index is 0.816. The molecule has 0 unspecified atom stereocenters. The van der Waals surface area contributed by atoms with Crippen molar-refractivity contribution in [2.24, 2.45) is 12.1 Å². The lowest BCUT2D eigenvalue weighted by Crippen LogP contribution is -2.29. The van der Waals surface area contributed by atoms with Gasteiger partial charge in [0.2, 0.25) is 0 Å². The van der Waals surface area contributed by atoms with E-state index in [1.807, 2.05) is 58.8 Å². The predicted molar refractivity (Wildman–Crippen MR) is 110 cm³/mol. The van der Waals surface area contributed by atoms with Gasteiger partial charge in [0.1, 0.15) is 0 Å². The minimum atomic E-state index is 0.816. The third kappa shape index (κ3) is 4.33. The highest BCUT2D eigenvalue weighted by Gasteiger charge is 2.14. The maximum absolute atomic E-state index is 4.25. The summed E-state index contributed by atoms with van der Waals surface area (Å²) < 4.78 is 3.53. The molecular weight excluding hydrogens is 324 g/mol. The zero-order valence-corrected chi connectivity index (χ0v) is 16.2. The highest BCUT2D eigenvalue weighted by atomic mass is 15.3. The first-order valence-electron chi connectivity index (χ1n) is 8.49. The van der Waals surface area contributed by atoms with Crippen LogP contribution in [0.1, 0.15) is 12.6 Å². The fourth-order valence-electron chi connectivity index (χ4n) is 2.61. The monoisotopic (exact) mass is 352 g/mol. The number of hydrogen-bond donors (Lipinski definition) is 0. The number of nitrogens with zero attached hydrogens (tertiary/aromatic N) is 6. The molecule has 0 atom stereocenters. The van der Waals surface area contributed by atoms with Crippen LogP contribution in [0.5, 0.6) is 0 Å². The van der Waals surface area contributed by atoms with Crippen LogP contribution in [-0.4, -0.2) is 58.2 Å². The Labute approximate surface area is 156 Å². The molecule has 0 aliphatic carbocycles. The lowest BCUT2D eigenvalue weighted by atomic mass is 10.2. The second-order valence-corrected chi connectivity index (χ2v) is 6.28. The van der Waals surface area contributed by atoms with Crippen molar-refractivity contribution in [3.8, 4) is 11.1 Å². The third-order valence-electron chi connectivity index (χ3n) is 4.37. The van der Waals surface area contributed by atoms with Crippen LogP contribution in [0.3, 0.4) is 0 Å². The van der Waals surface area contributed by atoms with Gasteiger partial charge in [-0.05, 0) is 19.1 Å². The van der Waals surface area contributed by atoms with Crippen LogP contribution in [0.4, 0.5) is 0 Å². The second kappa shape index (κ2) is 8.38. The maximum atomic E-state index is 4.25. The van der Waals surface area contributed by atoms with E-state index in [2.05, 4.69) is 45.9 Å². The molecule has 0 radical (unpaired) electrons. The molecule has 0 bridgehead atoms. The fourth-order valence-corrected chi connectivity index (χ4v) is 2.61. The smallest absolute Gasteiger partial charge is 0.0879 e. The molecule has 0 saturated carbocycles. The number of rotatable bonds is 9. The van der Waals surface area contributed by atoms with Crippen LogP contribution in [0, 0.1) is 0 Å². The molecule has 0 spiro atoms. The average molecular weight is 352 g/mol. The fraction of sp³-hybridized carbons (Fsp3) is 0.300. The van der Waals surface area contributed by atoms with E-state index in [1.165, 1.54) is 0 Å². The van der Waals surface area contributed by atoms with E-state index in [4.69, 9.17) is 0 Å². The van der Waals surface area contributed by atoms with E-state index < -0.39 is 0 Å². The quantitative estimate of drug-likeness (QED) is 0.514. The zero-order valence-electron chi connectivity index (χ0n) is 16.2. The van der Waals surface area contributed by atoms with Crippen molar-refractivity contribution < 1.29 is 0 Å². The molecule has 0 aliphatic rings. The first kappa shape index (κ1) is 19.3. The van der Waals surface area contributed by atoms with Gasteiger partial charge in [0.15, 0.2) is 0 Å². The molecule has 0 amide bonds. The summed E-state index contributed by atoms with van der Waals surface area (Å²) >= 11 is 0. The molecular formula is C20H28N6. The van der Waals surface area contributed by atoms with Gasteiger partial charge >= 0.3 is 0 Å². The summed E-state index contributed by atoms with van der Waals surface area (Å²) in [4.78, 5) is 4.24. The van der Waals surface area contributed by atoms with Gasteiger partial charge in [-0.3, -0.25) is 4.68 Å². The van der Waals surface area contributed by atoms with Crippen molar-refractivity contribution in [3.05, 3.63) is 61.4 Å². The topological polar surface area (TPSA) is 41.6 Å². The van der Waals surface area contributed by atoms with E-state index in [0.29, 0.717) is 0 Å². The van der Waals surface area contributed by atoms with Crippen LogP contribution in [0.25, 0.3) is 16.8 Å². The van der Waals surface area contributed by atoms with Gasteiger partial charge in [-0.1, -0.05) is 19.2 Å². The third-order valence-corrected chi connectivity index (χ3v) is 4.37. The Morgan fingerprint density at radius 2 is 1.88 bits per heavy atom. The van der Waals surface area contributed by atoms with Crippen molar-refractivity contribution in [2.75, 3.05) is 27.2 Å². The first-order chi connectivity index (χ1) is 12.4. The second-order valence-electron chi connectivity index (χ2n) is 6.28. The summed E-state index contributed by atoms with van der Waals surface area (Å²) in [7, 11) is 5.96. The van der Waals surface area contributed by atoms with Crippen LogP contribution < -0.4 is 0 Å². The molecule has 2 aromatic heterocycles. The SMILES string of the molecule is C=Nn1cc(-c2cnn(C)c2)cc1C(=C)N(C)CCN(C)C(=C)C=CC. The molecule has 2 heterocycles. The van der Waals surface area contributed by atoms with Gasteiger partial charge in [-0.15, -0.1) is 0 Å². The van der Waals surface area contributed by atoms with E-state index in [9.17, 15) is 0 Å². The molecule has 26 heavy (non-hydrogen) atoms. The van der Waals surface area contributed by atoms with Gasteiger partial charge in [0, 0.05) is 70.2 Å². The number of allylic oxidation sites excluding steroid dienone is 2. The lowest BCUT2D eigenvalue weighted by molar-refractivity contribution is 0.362. The summed E-state index contributed by atoms with van der Waals surface area (Å²) in [5, 5.41) is 8.32. The van der Waals surface area contributed by atoms with Crippen molar-refractivity contribution >= 4 is 12.4 Å². The van der Waals surface area contributed by atoms with Crippen LogP contribution in [0.15, 0.2) is 60.8 Å². The summed E-state index contributed by atoms with van der Waals surface area (Å²) in [6, 6.07) is 2.06. The van der Waals surface area contributed by atoms with Crippen LogP contribution >= 0.6 is 0 Å². The Bertz CT molecular complexity index is 823. The average Bonchev–Trinajstić information content (AvgIpc) is 3.24. The summed E-state index contributed by atoms with van der Waals surface area (Å²) in [5.41, 5.74) is 4.86. The number of aromatic nitrogens is 3. The minimum Gasteiger partial charge on any atom is -0.373 e. The van der Waals surface area contributed by atoms with Gasteiger partial charge in [0.05, 0.1) is 17.6 Å². The molecule has 0 fully saturated rings. The molecule has 2 rings (SSSR count). The maximum Gasteiger partial charge on any atom is 0.0879 e. The summed E-state index contributed by atoms with van der Waals surface area (Å²) in [6.07, 6.45) is 9.74. The Morgan fingerprint density at radius 1 is 1.19 bits per heavy atom.